The standard InChI is InChI=1S/2C7H13NO.2C2H2O4/c2*1-2-7(3-5-9-7)6-8-4-1;2*3-1(4)2(5)6/h2*8H,1-6H2;2*(H,3,4)(H,5,6). The van der Waals surface area contributed by atoms with Crippen LogP contribution in [0.15, 0.2) is 0 Å². The third-order valence-corrected chi connectivity index (χ3v) is 5.16. The highest BCUT2D eigenvalue weighted by Crippen LogP contribution is 2.32. The van der Waals surface area contributed by atoms with Gasteiger partial charge in [-0.1, -0.05) is 0 Å². The number of carboxylic acids is 4. The molecule has 0 aromatic rings. The average Bonchev–Trinajstić information content (AvgIpc) is 2.68. The largest absolute Gasteiger partial charge is 0.473 e. The Morgan fingerprint density at radius 3 is 1.00 bits per heavy atom. The van der Waals surface area contributed by atoms with E-state index in [-0.39, 0.29) is 11.2 Å². The lowest BCUT2D eigenvalue weighted by Gasteiger charge is -2.44. The number of piperidine rings is 2. The van der Waals surface area contributed by atoms with E-state index in [1.807, 2.05) is 0 Å². The normalized spacial score (nSPS) is 28.5. The van der Waals surface area contributed by atoms with Gasteiger partial charge in [-0.3, -0.25) is 0 Å². The Hall–Kier alpha value is -2.28. The van der Waals surface area contributed by atoms with Gasteiger partial charge in [0.15, 0.2) is 0 Å². The van der Waals surface area contributed by atoms with Crippen molar-refractivity contribution >= 4 is 23.9 Å². The Bertz CT molecular complexity index is 510. The lowest BCUT2D eigenvalue weighted by Crippen LogP contribution is -2.54. The van der Waals surface area contributed by atoms with Crippen LogP contribution >= 0.6 is 0 Å². The first kappa shape index (κ1) is 25.8. The van der Waals surface area contributed by atoms with E-state index in [0.717, 1.165) is 26.3 Å². The zero-order valence-corrected chi connectivity index (χ0v) is 16.7. The second kappa shape index (κ2) is 12.4. The first-order valence-corrected chi connectivity index (χ1v) is 9.73. The highest BCUT2D eigenvalue weighted by Gasteiger charge is 2.39. The van der Waals surface area contributed by atoms with Crippen LogP contribution in [0.25, 0.3) is 0 Å². The molecular weight excluding hydrogens is 404 g/mol. The minimum atomic E-state index is -1.82. The summed E-state index contributed by atoms with van der Waals surface area (Å²) < 4.78 is 11.0. The molecule has 4 aliphatic rings. The van der Waals surface area contributed by atoms with Crippen molar-refractivity contribution in [2.75, 3.05) is 39.4 Å². The molecule has 12 heteroatoms. The minimum absolute atomic E-state index is 0.290. The SMILES string of the molecule is C1CNCC2(C1)CCO2.C1CNCC2(C1)CCO2.O=C(O)C(=O)O.O=C(O)C(=O)O. The average molecular weight is 434 g/mol. The highest BCUT2D eigenvalue weighted by molar-refractivity contribution is 6.27. The van der Waals surface area contributed by atoms with Crippen LogP contribution in [0.5, 0.6) is 0 Å². The molecule has 0 radical (unpaired) electrons. The first-order chi connectivity index (χ1) is 14.1. The molecule has 2 unspecified atom stereocenters. The highest BCUT2D eigenvalue weighted by atomic mass is 16.5. The maximum Gasteiger partial charge on any atom is 0.414 e. The number of ether oxygens (including phenoxy) is 2. The van der Waals surface area contributed by atoms with E-state index in [0.29, 0.717) is 0 Å². The van der Waals surface area contributed by atoms with E-state index >= 15 is 0 Å². The molecule has 0 aliphatic carbocycles. The molecule has 4 aliphatic heterocycles. The van der Waals surface area contributed by atoms with Gasteiger partial charge in [-0.15, -0.1) is 0 Å². The summed E-state index contributed by atoms with van der Waals surface area (Å²) in [6.07, 6.45) is 7.69. The smallest absolute Gasteiger partial charge is 0.414 e. The van der Waals surface area contributed by atoms with Crippen LogP contribution < -0.4 is 10.6 Å². The number of hydrogen-bond donors (Lipinski definition) is 6. The number of hydrogen-bond acceptors (Lipinski definition) is 8. The molecule has 172 valence electrons. The third kappa shape index (κ3) is 9.03. The Balaban J connectivity index is 0.000000205. The van der Waals surface area contributed by atoms with Crippen LogP contribution in [0, 0.1) is 0 Å². The molecule has 4 heterocycles. The molecule has 2 atom stereocenters. The molecule has 4 rings (SSSR count). The summed E-state index contributed by atoms with van der Waals surface area (Å²) in [6.45, 7) is 6.53. The summed E-state index contributed by atoms with van der Waals surface area (Å²) >= 11 is 0. The van der Waals surface area contributed by atoms with E-state index < -0.39 is 23.9 Å². The number of aliphatic carboxylic acids is 4. The predicted molar refractivity (Wildman–Crippen MR) is 101 cm³/mol. The second-order valence-corrected chi connectivity index (χ2v) is 7.34. The fourth-order valence-corrected chi connectivity index (χ4v) is 3.33. The molecule has 6 N–H and O–H groups in total. The van der Waals surface area contributed by atoms with Crippen molar-refractivity contribution in [1.29, 1.82) is 0 Å². The maximum atomic E-state index is 9.10. The van der Waals surface area contributed by atoms with Crippen LogP contribution in [0.1, 0.15) is 38.5 Å². The molecule has 12 nitrogen and oxygen atoms in total. The zero-order valence-electron chi connectivity index (χ0n) is 16.7. The maximum absolute atomic E-state index is 9.10. The summed E-state index contributed by atoms with van der Waals surface area (Å²) in [4.78, 5) is 36.4. The van der Waals surface area contributed by atoms with Gasteiger partial charge in [0.2, 0.25) is 0 Å². The molecule has 0 bridgehead atoms. The molecule has 0 saturated carbocycles. The number of carboxylic acid groups (broad SMARTS) is 4. The zero-order chi connectivity index (χ0) is 22.6. The topological polar surface area (TPSA) is 192 Å². The van der Waals surface area contributed by atoms with Crippen molar-refractivity contribution in [2.45, 2.75) is 49.7 Å². The fraction of sp³-hybridized carbons (Fsp3) is 0.778. The van der Waals surface area contributed by atoms with Crippen LogP contribution in [0.4, 0.5) is 0 Å². The summed E-state index contributed by atoms with van der Waals surface area (Å²) in [5, 5.41) is 36.3. The quantitative estimate of drug-likeness (QED) is 0.265. The van der Waals surface area contributed by atoms with E-state index in [1.165, 1.54) is 51.6 Å². The fourth-order valence-electron chi connectivity index (χ4n) is 3.33. The van der Waals surface area contributed by atoms with Crippen molar-refractivity contribution in [3.05, 3.63) is 0 Å². The van der Waals surface area contributed by atoms with Crippen LogP contribution in [0.3, 0.4) is 0 Å². The van der Waals surface area contributed by atoms with Gasteiger partial charge in [0.25, 0.3) is 0 Å². The molecule has 30 heavy (non-hydrogen) atoms. The van der Waals surface area contributed by atoms with Crippen molar-refractivity contribution in [2.24, 2.45) is 0 Å². The summed E-state index contributed by atoms with van der Waals surface area (Å²) in [5.74, 6) is -7.30. The summed E-state index contributed by atoms with van der Waals surface area (Å²) in [5.41, 5.74) is 0.580. The lowest BCUT2D eigenvalue weighted by atomic mass is 9.87. The Labute approximate surface area is 173 Å². The molecule has 0 amide bonds. The van der Waals surface area contributed by atoms with Gasteiger partial charge in [0.05, 0.1) is 24.4 Å². The molecule has 2 spiro atoms. The van der Waals surface area contributed by atoms with Gasteiger partial charge in [-0.2, -0.15) is 0 Å². The molecular formula is C18H30N2O10. The van der Waals surface area contributed by atoms with Gasteiger partial charge in [0.1, 0.15) is 0 Å². The van der Waals surface area contributed by atoms with E-state index in [2.05, 4.69) is 10.6 Å². The molecule has 4 saturated heterocycles. The van der Waals surface area contributed by atoms with Crippen molar-refractivity contribution < 1.29 is 49.1 Å². The van der Waals surface area contributed by atoms with Gasteiger partial charge in [-0.05, 0) is 38.8 Å². The molecule has 0 aromatic heterocycles. The number of carbonyl (C=O) groups is 4. The van der Waals surface area contributed by atoms with Gasteiger partial charge in [-0.25, -0.2) is 19.2 Å². The summed E-state index contributed by atoms with van der Waals surface area (Å²) in [6, 6.07) is 0. The van der Waals surface area contributed by atoms with Crippen molar-refractivity contribution in [3.8, 4) is 0 Å². The number of rotatable bonds is 0. The van der Waals surface area contributed by atoms with Gasteiger partial charge < -0.3 is 40.5 Å². The van der Waals surface area contributed by atoms with Crippen LogP contribution in [0.2, 0.25) is 0 Å². The Morgan fingerprint density at radius 2 is 0.900 bits per heavy atom. The Morgan fingerprint density at radius 1 is 0.600 bits per heavy atom. The van der Waals surface area contributed by atoms with Crippen LogP contribution in [-0.4, -0.2) is 94.9 Å². The van der Waals surface area contributed by atoms with Crippen molar-refractivity contribution in [3.63, 3.8) is 0 Å². The summed E-state index contributed by atoms with van der Waals surface area (Å²) in [7, 11) is 0. The van der Waals surface area contributed by atoms with E-state index in [1.54, 1.807) is 0 Å². The van der Waals surface area contributed by atoms with Gasteiger partial charge in [0, 0.05) is 25.9 Å². The molecule has 4 fully saturated rings. The first-order valence-electron chi connectivity index (χ1n) is 9.73. The number of nitrogens with one attached hydrogen (secondary N) is 2. The monoisotopic (exact) mass is 434 g/mol. The third-order valence-electron chi connectivity index (χ3n) is 5.16. The van der Waals surface area contributed by atoms with Gasteiger partial charge >= 0.3 is 23.9 Å². The predicted octanol–water partition coefficient (Wildman–Crippen LogP) is -0.631. The Kier molecular flexibility index (Phi) is 10.7. The lowest BCUT2D eigenvalue weighted by molar-refractivity contribution is -0.159. The van der Waals surface area contributed by atoms with E-state index in [4.69, 9.17) is 49.1 Å². The molecule has 0 aromatic carbocycles. The minimum Gasteiger partial charge on any atom is -0.473 e. The second-order valence-electron chi connectivity index (χ2n) is 7.34. The van der Waals surface area contributed by atoms with Crippen molar-refractivity contribution in [1.82, 2.24) is 10.6 Å². The van der Waals surface area contributed by atoms with E-state index in [9.17, 15) is 0 Å². The van der Waals surface area contributed by atoms with Crippen LogP contribution in [-0.2, 0) is 28.7 Å².